The molecule has 0 radical (unpaired) electrons. The van der Waals surface area contributed by atoms with Gasteiger partial charge in [-0.3, -0.25) is 9.36 Å². The number of para-hydroxylation sites is 1. The minimum absolute atomic E-state index is 0.0930. The van der Waals surface area contributed by atoms with Gasteiger partial charge < -0.3 is 4.98 Å². The largest absolute Gasteiger partial charge is 0.323 e. The van der Waals surface area contributed by atoms with Gasteiger partial charge in [0.05, 0.1) is 11.1 Å². The third kappa shape index (κ3) is 3.43. The van der Waals surface area contributed by atoms with Crippen molar-refractivity contribution in [1.29, 1.82) is 0 Å². The van der Waals surface area contributed by atoms with E-state index in [1.807, 2.05) is 41.8 Å². The Kier molecular flexibility index (Phi) is 4.91. The molecule has 0 saturated carbocycles. The Morgan fingerprint density at radius 3 is 2.17 bits per heavy atom. The van der Waals surface area contributed by atoms with Gasteiger partial charge in [0.15, 0.2) is 4.77 Å². The lowest BCUT2D eigenvalue weighted by Crippen LogP contribution is -2.20. The first kappa shape index (κ1) is 18.7. The zero-order valence-corrected chi connectivity index (χ0v) is 17.7. The van der Waals surface area contributed by atoms with Crippen LogP contribution in [0.2, 0.25) is 0 Å². The highest BCUT2D eigenvalue weighted by Gasteiger charge is 2.14. The third-order valence-corrected chi connectivity index (χ3v) is 6.34. The van der Waals surface area contributed by atoms with Crippen molar-refractivity contribution in [3.63, 3.8) is 0 Å². The molecule has 0 amide bonds. The normalized spacial score (nSPS) is 11.1. The van der Waals surface area contributed by atoms with Crippen molar-refractivity contribution in [2.45, 2.75) is 6.42 Å². The van der Waals surface area contributed by atoms with Crippen LogP contribution in [-0.2, 0) is 6.42 Å². The first-order valence-electron chi connectivity index (χ1n) is 9.66. The van der Waals surface area contributed by atoms with Crippen LogP contribution in [0.4, 0.5) is 0 Å². The van der Waals surface area contributed by atoms with Crippen LogP contribution in [0.25, 0.3) is 27.0 Å². The first-order valence-corrected chi connectivity index (χ1v) is 10.9. The van der Waals surface area contributed by atoms with Gasteiger partial charge in [-0.2, -0.15) is 0 Å². The smallest absolute Gasteiger partial charge is 0.268 e. The van der Waals surface area contributed by atoms with E-state index in [0.717, 1.165) is 28.1 Å². The van der Waals surface area contributed by atoms with Crippen LogP contribution in [0.15, 0.2) is 95.1 Å². The third-order valence-electron chi connectivity index (χ3n) is 5.16. The Morgan fingerprint density at radius 1 is 0.833 bits per heavy atom. The minimum atomic E-state index is -0.0930. The highest BCUT2D eigenvalue weighted by atomic mass is 32.1. The topological polar surface area (TPSA) is 37.8 Å². The molecule has 3 nitrogen and oxygen atoms in total. The quantitative estimate of drug-likeness (QED) is 0.339. The number of rotatable bonds is 4. The van der Waals surface area contributed by atoms with Gasteiger partial charge in [0.25, 0.3) is 5.56 Å². The maximum Gasteiger partial charge on any atom is 0.268 e. The number of H-pyrrole nitrogens is 1. The summed E-state index contributed by atoms with van der Waals surface area (Å²) in [5.41, 5.74) is 5.16. The monoisotopic (exact) mass is 426 g/mol. The lowest BCUT2D eigenvalue weighted by atomic mass is 10.0. The lowest BCUT2D eigenvalue weighted by molar-refractivity contribution is 0.944. The van der Waals surface area contributed by atoms with E-state index in [2.05, 4.69) is 53.5 Å². The number of hydrogen-bond donors (Lipinski definition) is 1. The predicted octanol–water partition coefficient (Wildman–Crippen LogP) is 6.37. The molecule has 0 fully saturated rings. The Labute approximate surface area is 182 Å². The van der Waals surface area contributed by atoms with Gasteiger partial charge in [-0.15, -0.1) is 11.3 Å². The Bertz CT molecular complexity index is 1430. The van der Waals surface area contributed by atoms with Gasteiger partial charge in [-0.1, -0.05) is 72.8 Å². The van der Waals surface area contributed by atoms with Crippen LogP contribution in [0.1, 0.15) is 11.1 Å². The molecule has 0 aliphatic rings. The fraction of sp³-hybridized carbons (Fsp3) is 0.0400. The number of aromatic amines is 1. The molecule has 0 atom stereocenters. The summed E-state index contributed by atoms with van der Waals surface area (Å²) in [5.74, 6) is 0. The molecule has 146 valence electrons. The molecule has 2 aromatic heterocycles. The Hall–Kier alpha value is -3.28. The summed E-state index contributed by atoms with van der Waals surface area (Å²) in [6.45, 7) is 0. The molecule has 5 aromatic rings. The van der Waals surface area contributed by atoms with E-state index < -0.39 is 0 Å². The number of fused-ring (bicyclic) bond motifs is 1. The highest BCUT2D eigenvalue weighted by Crippen LogP contribution is 2.31. The van der Waals surface area contributed by atoms with Gasteiger partial charge in [-0.25, -0.2) is 0 Å². The molecule has 0 bridgehead atoms. The molecule has 0 unspecified atom stereocenters. The molecule has 0 spiro atoms. The molecule has 0 aliphatic carbocycles. The average Bonchev–Trinajstić information content (AvgIpc) is 3.20. The average molecular weight is 427 g/mol. The van der Waals surface area contributed by atoms with Crippen LogP contribution in [0.3, 0.4) is 0 Å². The van der Waals surface area contributed by atoms with E-state index in [9.17, 15) is 4.79 Å². The van der Waals surface area contributed by atoms with Crippen molar-refractivity contribution in [3.8, 4) is 16.8 Å². The fourth-order valence-corrected chi connectivity index (χ4v) is 4.99. The molecular formula is C25H18N2OS2. The van der Waals surface area contributed by atoms with Gasteiger partial charge in [0.1, 0.15) is 4.83 Å². The summed E-state index contributed by atoms with van der Waals surface area (Å²) in [5, 5.41) is 2.70. The van der Waals surface area contributed by atoms with Crippen LogP contribution >= 0.6 is 23.6 Å². The van der Waals surface area contributed by atoms with E-state index in [4.69, 9.17) is 12.2 Å². The van der Waals surface area contributed by atoms with Gasteiger partial charge in [0.2, 0.25) is 0 Å². The van der Waals surface area contributed by atoms with Crippen molar-refractivity contribution in [3.05, 3.63) is 117 Å². The minimum Gasteiger partial charge on any atom is -0.323 e. The Morgan fingerprint density at radius 2 is 1.47 bits per heavy atom. The van der Waals surface area contributed by atoms with E-state index in [0.29, 0.717) is 10.2 Å². The number of thiophene rings is 1. The van der Waals surface area contributed by atoms with Crippen molar-refractivity contribution in [2.75, 3.05) is 0 Å². The number of benzene rings is 3. The lowest BCUT2D eigenvalue weighted by Gasteiger charge is -2.08. The summed E-state index contributed by atoms with van der Waals surface area (Å²) < 4.78 is 1.97. The van der Waals surface area contributed by atoms with Crippen molar-refractivity contribution < 1.29 is 0 Å². The van der Waals surface area contributed by atoms with Crippen LogP contribution in [0, 0.1) is 4.77 Å². The van der Waals surface area contributed by atoms with E-state index >= 15 is 0 Å². The fourth-order valence-electron chi connectivity index (χ4n) is 3.68. The Balaban J connectivity index is 1.58. The maximum absolute atomic E-state index is 13.4. The van der Waals surface area contributed by atoms with Gasteiger partial charge in [-0.05, 0) is 47.5 Å². The summed E-state index contributed by atoms with van der Waals surface area (Å²) in [6, 6.07) is 28.4. The zero-order chi connectivity index (χ0) is 20.5. The molecule has 0 saturated heterocycles. The zero-order valence-electron chi connectivity index (χ0n) is 16.0. The molecule has 3 aromatic carbocycles. The molecule has 1 N–H and O–H groups in total. The standard InChI is InChI=1S/C25H18N2OS2/c28-24-22-21(19-13-11-18(12-14-19)15-17-7-3-1-4-8-17)16-30-23(22)26-25(29)27(24)20-9-5-2-6-10-20/h1-14,16H,15H2,(H,26,29). The van der Waals surface area contributed by atoms with Crippen molar-refractivity contribution in [2.24, 2.45) is 0 Å². The van der Waals surface area contributed by atoms with Gasteiger partial charge >= 0.3 is 0 Å². The molecule has 30 heavy (non-hydrogen) atoms. The number of nitrogens with one attached hydrogen (secondary N) is 1. The number of hydrogen-bond acceptors (Lipinski definition) is 3. The summed E-state index contributed by atoms with van der Waals surface area (Å²) in [4.78, 5) is 17.4. The van der Waals surface area contributed by atoms with E-state index in [-0.39, 0.29) is 5.56 Å². The SMILES string of the molecule is O=c1c2c(-c3ccc(Cc4ccccc4)cc3)csc2[nH]c(=S)n1-c1ccccc1. The second-order valence-electron chi connectivity index (χ2n) is 7.12. The molecule has 0 aliphatic heterocycles. The molecule has 2 heterocycles. The first-order chi connectivity index (χ1) is 14.7. The number of nitrogens with zero attached hydrogens (tertiary/aromatic N) is 1. The van der Waals surface area contributed by atoms with E-state index in [1.54, 1.807) is 4.57 Å². The van der Waals surface area contributed by atoms with E-state index in [1.165, 1.54) is 22.5 Å². The van der Waals surface area contributed by atoms with Crippen LogP contribution in [-0.4, -0.2) is 9.55 Å². The van der Waals surface area contributed by atoms with Crippen LogP contribution in [0.5, 0.6) is 0 Å². The second-order valence-corrected chi connectivity index (χ2v) is 8.39. The molecule has 5 heteroatoms. The molecular weight excluding hydrogens is 408 g/mol. The van der Waals surface area contributed by atoms with Crippen molar-refractivity contribution in [1.82, 2.24) is 9.55 Å². The van der Waals surface area contributed by atoms with Crippen molar-refractivity contribution >= 4 is 33.8 Å². The molecule has 5 rings (SSSR count). The number of aromatic nitrogens is 2. The van der Waals surface area contributed by atoms with Crippen LogP contribution < -0.4 is 5.56 Å². The highest BCUT2D eigenvalue weighted by molar-refractivity contribution is 7.71. The summed E-state index contributed by atoms with van der Waals surface area (Å²) in [7, 11) is 0. The van der Waals surface area contributed by atoms with Gasteiger partial charge in [0, 0.05) is 10.9 Å². The predicted molar refractivity (Wildman–Crippen MR) is 127 cm³/mol. The summed E-state index contributed by atoms with van der Waals surface area (Å²) in [6.07, 6.45) is 0.888. The summed E-state index contributed by atoms with van der Waals surface area (Å²) >= 11 is 6.98. The maximum atomic E-state index is 13.4. The second kappa shape index (κ2) is 7.86.